The van der Waals surface area contributed by atoms with Crippen LogP contribution < -0.4 is 11.2 Å². The van der Waals surface area contributed by atoms with Crippen LogP contribution in [0.5, 0.6) is 0 Å². The number of benzene rings is 1. The number of hydrogen-bond acceptors (Lipinski definition) is 3. The van der Waals surface area contributed by atoms with E-state index < -0.39 is 11.2 Å². The molecule has 0 aliphatic carbocycles. The van der Waals surface area contributed by atoms with E-state index in [2.05, 4.69) is 6.07 Å². The third kappa shape index (κ3) is 2.44. The molecule has 0 aliphatic rings. The van der Waals surface area contributed by atoms with E-state index in [-0.39, 0.29) is 11.7 Å². The summed E-state index contributed by atoms with van der Waals surface area (Å²) in [6, 6.07) is 10.2. The SMILES string of the molecule is Cn1c(=O)cc(Cl)n(Cc2ccccc2C#N)c1=O. The van der Waals surface area contributed by atoms with Gasteiger partial charge in [0.05, 0.1) is 18.2 Å². The summed E-state index contributed by atoms with van der Waals surface area (Å²) in [6.07, 6.45) is 0. The maximum absolute atomic E-state index is 12.0. The lowest BCUT2D eigenvalue weighted by Gasteiger charge is -2.10. The van der Waals surface area contributed by atoms with Crippen LogP contribution in [0.1, 0.15) is 11.1 Å². The molecular formula is C13H10ClN3O2. The Kier molecular flexibility index (Phi) is 3.54. The maximum atomic E-state index is 12.0. The van der Waals surface area contributed by atoms with Crippen molar-refractivity contribution in [3.8, 4) is 6.07 Å². The predicted octanol–water partition coefficient (Wildman–Crippen LogP) is 1.12. The smallest absolute Gasteiger partial charge is 0.279 e. The molecule has 2 aromatic rings. The minimum atomic E-state index is -0.509. The lowest BCUT2D eigenvalue weighted by atomic mass is 10.1. The molecule has 96 valence electrons. The van der Waals surface area contributed by atoms with E-state index >= 15 is 0 Å². The molecule has 0 unspecified atom stereocenters. The van der Waals surface area contributed by atoms with E-state index in [1.807, 2.05) is 0 Å². The van der Waals surface area contributed by atoms with Gasteiger partial charge in [0.25, 0.3) is 5.56 Å². The molecule has 0 saturated carbocycles. The minimum Gasteiger partial charge on any atom is -0.279 e. The first kappa shape index (κ1) is 13.1. The standard InChI is InChI=1S/C13H10ClN3O2/c1-16-12(18)6-11(14)17(13(16)19)8-10-5-3-2-4-9(10)7-15/h2-6H,8H2,1H3. The summed E-state index contributed by atoms with van der Waals surface area (Å²) in [5, 5.41) is 9.06. The van der Waals surface area contributed by atoms with Gasteiger partial charge in [-0.25, -0.2) is 4.79 Å². The van der Waals surface area contributed by atoms with Crippen LogP contribution in [0.15, 0.2) is 39.9 Å². The lowest BCUT2D eigenvalue weighted by molar-refractivity contribution is 0.646. The number of nitriles is 1. The molecule has 0 N–H and O–H groups in total. The summed E-state index contributed by atoms with van der Waals surface area (Å²) in [7, 11) is 1.38. The minimum absolute atomic E-state index is 0.0563. The molecule has 1 aromatic heterocycles. The van der Waals surface area contributed by atoms with E-state index in [1.54, 1.807) is 24.3 Å². The topological polar surface area (TPSA) is 67.8 Å². The average molecular weight is 276 g/mol. The Morgan fingerprint density at radius 2 is 2.00 bits per heavy atom. The van der Waals surface area contributed by atoms with Crippen LogP contribution in [0.2, 0.25) is 5.15 Å². The van der Waals surface area contributed by atoms with Gasteiger partial charge in [0, 0.05) is 13.1 Å². The highest BCUT2D eigenvalue weighted by Gasteiger charge is 2.09. The highest BCUT2D eigenvalue weighted by Crippen LogP contribution is 2.11. The first-order chi connectivity index (χ1) is 9.04. The summed E-state index contributed by atoms with van der Waals surface area (Å²) in [4.78, 5) is 23.4. The second kappa shape index (κ2) is 5.12. The van der Waals surface area contributed by atoms with Gasteiger partial charge in [0.2, 0.25) is 0 Å². The third-order valence-corrected chi connectivity index (χ3v) is 3.13. The Balaban J connectivity index is 2.57. The Bertz CT molecular complexity index is 784. The van der Waals surface area contributed by atoms with Crippen molar-refractivity contribution in [2.75, 3.05) is 0 Å². The van der Waals surface area contributed by atoms with Gasteiger partial charge in [0.15, 0.2) is 0 Å². The zero-order chi connectivity index (χ0) is 14.0. The first-order valence-electron chi connectivity index (χ1n) is 5.49. The van der Waals surface area contributed by atoms with Crippen LogP contribution in [0.25, 0.3) is 0 Å². The molecule has 0 radical (unpaired) electrons. The van der Waals surface area contributed by atoms with Crippen molar-refractivity contribution < 1.29 is 0 Å². The molecule has 0 spiro atoms. The van der Waals surface area contributed by atoms with Gasteiger partial charge in [-0.3, -0.25) is 13.9 Å². The highest BCUT2D eigenvalue weighted by atomic mass is 35.5. The van der Waals surface area contributed by atoms with Gasteiger partial charge in [-0.15, -0.1) is 0 Å². The van der Waals surface area contributed by atoms with E-state index in [0.717, 1.165) is 4.57 Å². The van der Waals surface area contributed by atoms with Crippen molar-refractivity contribution in [2.45, 2.75) is 6.54 Å². The second-order valence-electron chi connectivity index (χ2n) is 4.00. The molecule has 1 aromatic carbocycles. The summed E-state index contributed by atoms with van der Waals surface area (Å²) in [5.41, 5.74) is 0.178. The van der Waals surface area contributed by atoms with E-state index in [0.29, 0.717) is 11.1 Å². The van der Waals surface area contributed by atoms with Crippen molar-refractivity contribution in [3.05, 3.63) is 67.4 Å². The van der Waals surface area contributed by atoms with E-state index in [4.69, 9.17) is 16.9 Å². The fourth-order valence-electron chi connectivity index (χ4n) is 1.72. The summed E-state index contributed by atoms with van der Waals surface area (Å²) >= 11 is 5.92. The van der Waals surface area contributed by atoms with Gasteiger partial charge in [-0.05, 0) is 11.6 Å². The quantitative estimate of drug-likeness (QED) is 0.771. The van der Waals surface area contributed by atoms with E-state index in [9.17, 15) is 9.59 Å². The van der Waals surface area contributed by atoms with Crippen molar-refractivity contribution in [1.82, 2.24) is 9.13 Å². The van der Waals surface area contributed by atoms with Crippen molar-refractivity contribution in [3.63, 3.8) is 0 Å². The first-order valence-corrected chi connectivity index (χ1v) is 5.86. The van der Waals surface area contributed by atoms with Gasteiger partial charge in [-0.2, -0.15) is 5.26 Å². The van der Waals surface area contributed by atoms with Crippen molar-refractivity contribution in [2.24, 2.45) is 7.05 Å². The van der Waals surface area contributed by atoms with Gasteiger partial charge in [0.1, 0.15) is 5.15 Å². The summed E-state index contributed by atoms with van der Waals surface area (Å²) in [5.74, 6) is 0. The number of hydrogen-bond donors (Lipinski definition) is 0. The largest absolute Gasteiger partial charge is 0.332 e. The van der Waals surface area contributed by atoms with Crippen LogP contribution in [-0.2, 0) is 13.6 Å². The number of nitrogens with zero attached hydrogens (tertiary/aromatic N) is 3. The number of rotatable bonds is 2. The summed E-state index contributed by atoms with van der Waals surface area (Å²) in [6.45, 7) is 0.148. The van der Waals surface area contributed by atoms with Crippen LogP contribution in [0.4, 0.5) is 0 Å². The molecule has 5 nitrogen and oxygen atoms in total. The van der Waals surface area contributed by atoms with Crippen LogP contribution in [0, 0.1) is 11.3 Å². The number of halogens is 1. The predicted molar refractivity (Wildman–Crippen MR) is 71.2 cm³/mol. The van der Waals surface area contributed by atoms with Gasteiger partial charge in [-0.1, -0.05) is 29.8 Å². The molecule has 0 fully saturated rings. The van der Waals surface area contributed by atoms with Gasteiger partial charge >= 0.3 is 5.69 Å². The fraction of sp³-hybridized carbons (Fsp3) is 0.154. The Labute approximate surface area is 113 Å². The maximum Gasteiger partial charge on any atom is 0.332 e. The Morgan fingerprint density at radius 3 is 2.68 bits per heavy atom. The van der Waals surface area contributed by atoms with Gasteiger partial charge < -0.3 is 0 Å². The molecule has 1 heterocycles. The van der Waals surface area contributed by atoms with Crippen LogP contribution >= 0.6 is 11.6 Å². The Hall–Kier alpha value is -2.32. The normalized spacial score (nSPS) is 10.2. The second-order valence-corrected chi connectivity index (χ2v) is 4.39. The van der Waals surface area contributed by atoms with Crippen molar-refractivity contribution >= 4 is 11.6 Å². The third-order valence-electron chi connectivity index (χ3n) is 2.82. The van der Waals surface area contributed by atoms with Crippen LogP contribution in [0.3, 0.4) is 0 Å². The molecule has 19 heavy (non-hydrogen) atoms. The molecule has 6 heteroatoms. The molecule has 0 bridgehead atoms. The lowest BCUT2D eigenvalue weighted by Crippen LogP contribution is -2.38. The summed E-state index contributed by atoms with van der Waals surface area (Å²) < 4.78 is 2.22. The monoisotopic (exact) mass is 275 g/mol. The molecule has 2 rings (SSSR count). The number of aromatic nitrogens is 2. The fourth-order valence-corrected chi connectivity index (χ4v) is 1.95. The van der Waals surface area contributed by atoms with E-state index in [1.165, 1.54) is 17.7 Å². The molecule has 0 amide bonds. The molecular weight excluding hydrogens is 266 g/mol. The molecule has 0 atom stereocenters. The molecule has 0 saturated heterocycles. The zero-order valence-corrected chi connectivity index (χ0v) is 10.9. The highest BCUT2D eigenvalue weighted by molar-refractivity contribution is 6.29. The Morgan fingerprint density at radius 1 is 1.32 bits per heavy atom. The average Bonchev–Trinajstić information content (AvgIpc) is 2.41. The van der Waals surface area contributed by atoms with Crippen molar-refractivity contribution in [1.29, 1.82) is 5.26 Å². The van der Waals surface area contributed by atoms with Crippen LogP contribution in [-0.4, -0.2) is 9.13 Å². The zero-order valence-electron chi connectivity index (χ0n) is 10.1. The molecule has 0 aliphatic heterocycles.